The Bertz CT molecular complexity index is 779. The van der Waals surface area contributed by atoms with Crippen molar-refractivity contribution in [1.29, 1.82) is 0 Å². The summed E-state index contributed by atoms with van der Waals surface area (Å²) in [6, 6.07) is 16.2. The Balaban J connectivity index is 0.00000131. The molecule has 1 atom stereocenters. The minimum atomic E-state index is -0.109. The molecular formula is C20H24Cl3N3O. The fourth-order valence-electron chi connectivity index (χ4n) is 3.73. The molecule has 1 unspecified atom stereocenters. The molecule has 0 bridgehead atoms. The lowest BCUT2D eigenvalue weighted by Gasteiger charge is -2.38. The first-order chi connectivity index (χ1) is 12.2. The Hall–Kier alpha value is -1.46. The van der Waals surface area contributed by atoms with Crippen molar-refractivity contribution >= 4 is 48.0 Å². The van der Waals surface area contributed by atoms with E-state index in [9.17, 15) is 4.79 Å². The average molecular weight is 429 g/mol. The Labute approximate surface area is 177 Å². The predicted octanol–water partition coefficient (Wildman–Crippen LogP) is 3.55. The molecule has 27 heavy (non-hydrogen) atoms. The van der Waals surface area contributed by atoms with Crippen LogP contribution in [0.2, 0.25) is 5.02 Å². The molecule has 1 amide bonds. The summed E-state index contributed by atoms with van der Waals surface area (Å²) in [4.78, 5) is 17.1. The first-order valence-electron chi connectivity index (χ1n) is 8.81. The summed E-state index contributed by atoms with van der Waals surface area (Å²) in [5, 5.41) is 4.17. The van der Waals surface area contributed by atoms with E-state index in [1.807, 2.05) is 35.2 Å². The van der Waals surface area contributed by atoms with Crippen LogP contribution < -0.4 is 10.2 Å². The topological polar surface area (TPSA) is 35.6 Å². The highest BCUT2D eigenvalue weighted by Gasteiger charge is 2.30. The Morgan fingerprint density at radius 1 is 0.926 bits per heavy atom. The van der Waals surface area contributed by atoms with Gasteiger partial charge in [-0.1, -0.05) is 48.0 Å². The van der Waals surface area contributed by atoms with Crippen LogP contribution >= 0.6 is 36.4 Å². The maximum Gasteiger partial charge on any atom is 0.240 e. The molecule has 1 fully saturated rings. The molecule has 0 aromatic heterocycles. The maximum atomic E-state index is 12.9. The summed E-state index contributed by atoms with van der Waals surface area (Å²) in [5.74, 6) is 0.216. The fraction of sp³-hybridized carbons (Fsp3) is 0.350. The summed E-state index contributed by atoms with van der Waals surface area (Å²) in [6.45, 7) is 3.89. The van der Waals surface area contributed by atoms with Gasteiger partial charge in [0.2, 0.25) is 5.91 Å². The van der Waals surface area contributed by atoms with Crippen molar-refractivity contribution in [3.63, 3.8) is 0 Å². The number of anilines is 1. The molecular weight excluding hydrogens is 405 g/mol. The summed E-state index contributed by atoms with van der Waals surface area (Å²) in [7, 11) is 0. The summed E-state index contributed by atoms with van der Waals surface area (Å²) in [6.07, 6.45) is 0.778. The number of hydrogen-bond acceptors (Lipinski definition) is 3. The molecule has 146 valence electrons. The third-order valence-electron chi connectivity index (χ3n) is 5.16. The van der Waals surface area contributed by atoms with Gasteiger partial charge in [-0.05, 0) is 29.7 Å². The van der Waals surface area contributed by atoms with E-state index >= 15 is 0 Å². The van der Waals surface area contributed by atoms with Gasteiger partial charge in [0.1, 0.15) is 0 Å². The first-order valence-corrected chi connectivity index (χ1v) is 9.18. The molecule has 1 N–H and O–H groups in total. The molecule has 0 saturated carbocycles. The zero-order chi connectivity index (χ0) is 17.2. The van der Waals surface area contributed by atoms with Gasteiger partial charge in [0, 0.05) is 32.7 Å². The number of halogens is 3. The zero-order valence-electron chi connectivity index (χ0n) is 14.9. The summed E-state index contributed by atoms with van der Waals surface area (Å²) < 4.78 is 0. The van der Waals surface area contributed by atoms with Crippen LogP contribution in [0.25, 0.3) is 0 Å². The van der Waals surface area contributed by atoms with Crippen LogP contribution in [0.5, 0.6) is 0 Å². The SMILES string of the molecule is Cl.Cl.O=C(C1Cc2ccccc2CN1)N1CCN(c2ccccc2Cl)CC1. The van der Waals surface area contributed by atoms with Crippen LogP contribution in [0.4, 0.5) is 5.69 Å². The molecule has 0 radical (unpaired) electrons. The van der Waals surface area contributed by atoms with Crippen LogP contribution in [0.15, 0.2) is 48.5 Å². The second kappa shape index (κ2) is 9.65. The molecule has 7 heteroatoms. The number of carbonyl (C=O) groups excluding carboxylic acids is 1. The Morgan fingerprint density at radius 2 is 1.56 bits per heavy atom. The van der Waals surface area contributed by atoms with Crippen molar-refractivity contribution in [2.45, 2.75) is 19.0 Å². The lowest BCUT2D eigenvalue weighted by atomic mass is 9.95. The zero-order valence-corrected chi connectivity index (χ0v) is 17.3. The van der Waals surface area contributed by atoms with Crippen LogP contribution in [0.1, 0.15) is 11.1 Å². The van der Waals surface area contributed by atoms with Gasteiger partial charge in [0.05, 0.1) is 16.8 Å². The molecule has 1 saturated heterocycles. The van der Waals surface area contributed by atoms with Gasteiger partial charge in [0.25, 0.3) is 0 Å². The second-order valence-electron chi connectivity index (χ2n) is 6.67. The van der Waals surface area contributed by atoms with Gasteiger partial charge in [-0.3, -0.25) is 4.79 Å². The van der Waals surface area contributed by atoms with E-state index in [0.717, 1.165) is 49.9 Å². The number of hydrogen-bond donors (Lipinski definition) is 1. The van der Waals surface area contributed by atoms with Gasteiger partial charge >= 0.3 is 0 Å². The number of rotatable bonds is 2. The number of benzene rings is 2. The predicted molar refractivity (Wildman–Crippen MR) is 116 cm³/mol. The summed E-state index contributed by atoms with van der Waals surface area (Å²) >= 11 is 6.29. The van der Waals surface area contributed by atoms with Crippen molar-refractivity contribution in [3.8, 4) is 0 Å². The van der Waals surface area contributed by atoms with Gasteiger partial charge in [-0.2, -0.15) is 0 Å². The standard InChI is InChI=1S/C20H22ClN3O.2ClH/c21-17-7-3-4-8-19(17)23-9-11-24(12-10-23)20(25)18-13-15-5-1-2-6-16(15)14-22-18;;/h1-8,18,22H,9-14H2;2*1H. The van der Waals surface area contributed by atoms with Crippen molar-refractivity contribution < 1.29 is 4.79 Å². The van der Waals surface area contributed by atoms with E-state index in [2.05, 4.69) is 28.4 Å². The van der Waals surface area contributed by atoms with Crippen molar-refractivity contribution in [2.75, 3.05) is 31.1 Å². The van der Waals surface area contributed by atoms with Crippen molar-refractivity contribution in [2.24, 2.45) is 0 Å². The highest BCUT2D eigenvalue weighted by atomic mass is 35.5. The van der Waals surface area contributed by atoms with Gasteiger partial charge in [0.15, 0.2) is 0 Å². The number of fused-ring (bicyclic) bond motifs is 1. The molecule has 2 aromatic rings. The molecule has 2 heterocycles. The molecule has 2 aliphatic rings. The van der Waals surface area contributed by atoms with Crippen molar-refractivity contribution in [3.05, 3.63) is 64.7 Å². The Morgan fingerprint density at radius 3 is 2.26 bits per heavy atom. The number of piperazine rings is 1. The molecule has 0 aliphatic carbocycles. The number of nitrogens with one attached hydrogen (secondary N) is 1. The second-order valence-corrected chi connectivity index (χ2v) is 7.08. The molecule has 0 spiro atoms. The lowest BCUT2D eigenvalue weighted by Crippen LogP contribution is -2.55. The molecule has 4 rings (SSSR count). The normalized spacial score (nSPS) is 18.8. The Kier molecular flexibility index (Phi) is 7.80. The largest absolute Gasteiger partial charge is 0.367 e. The third-order valence-corrected chi connectivity index (χ3v) is 5.48. The van der Waals surface area contributed by atoms with Gasteiger partial charge in [-0.25, -0.2) is 0 Å². The van der Waals surface area contributed by atoms with E-state index in [0.29, 0.717) is 0 Å². The lowest BCUT2D eigenvalue weighted by molar-refractivity contribution is -0.133. The van der Waals surface area contributed by atoms with E-state index in [1.54, 1.807) is 0 Å². The van der Waals surface area contributed by atoms with Crippen LogP contribution in [-0.4, -0.2) is 43.0 Å². The highest BCUT2D eigenvalue weighted by molar-refractivity contribution is 6.33. The maximum absolute atomic E-state index is 12.9. The molecule has 4 nitrogen and oxygen atoms in total. The smallest absolute Gasteiger partial charge is 0.240 e. The molecule has 2 aromatic carbocycles. The van der Waals surface area contributed by atoms with Crippen LogP contribution in [-0.2, 0) is 17.8 Å². The summed E-state index contributed by atoms with van der Waals surface area (Å²) in [5.41, 5.74) is 3.64. The number of nitrogens with zero attached hydrogens (tertiary/aromatic N) is 2. The minimum Gasteiger partial charge on any atom is -0.367 e. The van der Waals surface area contributed by atoms with E-state index < -0.39 is 0 Å². The van der Waals surface area contributed by atoms with Gasteiger partial charge in [-0.15, -0.1) is 24.8 Å². The third kappa shape index (κ3) is 4.69. The average Bonchev–Trinajstić information content (AvgIpc) is 2.67. The van der Waals surface area contributed by atoms with E-state index in [1.165, 1.54) is 11.1 Å². The number of amides is 1. The fourth-order valence-corrected chi connectivity index (χ4v) is 3.98. The highest BCUT2D eigenvalue weighted by Crippen LogP contribution is 2.26. The number of carbonyl (C=O) groups is 1. The quantitative estimate of drug-likeness (QED) is 0.794. The molecule has 2 aliphatic heterocycles. The van der Waals surface area contributed by atoms with Crippen LogP contribution in [0, 0.1) is 0 Å². The number of para-hydroxylation sites is 1. The van der Waals surface area contributed by atoms with Gasteiger partial charge < -0.3 is 15.1 Å². The van der Waals surface area contributed by atoms with E-state index in [4.69, 9.17) is 11.6 Å². The first kappa shape index (κ1) is 21.8. The van der Waals surface area contributed by atoms with E-state index in [-0.39, 0.29) is 36.8 Å². The van der Waals surface area contributed by atoms with Crippen molar-refractivity contribution in [1.82, 2.24) is 10.2 Å². The minimum absolute atomic E-state index is 0. The monoisotopic (exact) mass is 427 g/mol. The van der Waals surface area contributed by atoms with Crippen LogP contribution in [0.3, 0.4) is 0 Å².